The summed E-state index contributed by atoms with van der Waals surface area (Å²) < 4.78 is 41.5. The lowest BCUT2D eigenvalue weighted by molar-refractivity contribution is 0.512. The fourth-order valence-corrected chi connectivity index (χ4v) is 3.15. The zero-order valence-corrected chi connectivity index (χ0v) is 12.1. The molecule has 21 heavy (non-hydrogen) atoms. The van der Waals surface area contributed by atoms with Crippen LogP contribution in [0.5, 0.6) is 0 Å². The zero-order chi connectivity index (χ0) is 15.0. The maximum atomic E-state index is 13.6. The van der Waals surface area contributed by atoms with Crippen molar-refractivity contribution < 1.29 is 13.0 Å². The van der Waals surface area contributed by atoms with Gasteiger partial charge in [0.05, 0.1) is 10.6 Å². The van der Waals surface area contributed by atoms with E-state index in [0.717, 1.165) is 6.07 Å². The number of fused-ring (bicyclic) bond motifs is 1. The van der Waals surface area contributed by atoms with E-state index in [4.69, 9.17) is 11.6 Å². The lowest BCUT2D eigenvalue weighted by Crippen LogP contribution is -2.06. The van der Waals surface area contributed by atoms with Crippen molar-refractivity contribution in [3.8, 4) is 0 Å². The number of aromatic nitrogens is 1. The van der Waals surface area contributed by atoms with E-state index < -0.39 is 22.6 Å². The quantitative estimate of drug-likeness (QED) is 0.743. The van der Waals surface area contributed by atoms with Crippen LogP contribution in [0.4, 0.5) is 14.5 Å². The molecule has 2 N–H and O–H groups in total. The Hall–Kier alpha value is -1.92. The van der Waals surface area contributed by atoms with Crippen LogP contribution in [-0.2, 0) is 11.0 Å². The molecule has 1 atom stereocenters. The number of benzene rings is 2. The molecule has 3 rings (SSSR count). The molecule has 3 nitrogen and oxygen atoms in total. The number of anilines is 1. The predicted molar refractivity (Wildman–Crippen MR) is 79.7 cm³/mol. The minimum absolute atomic E-state index is 0.156. The third kappa shape index (κ3) is 2.64. The fourth-order valence-electron chi connectivity index (χ4n) is 1.96. The van der Waals surface area contributed by atoms with Gasteiger partial charge in [0.15, 0.2) is 22.6 Å². The van der Waals surface area contributed by atoms with Crippen LogP contribution in [0.2, 0.25) is 5.02 Å². The second-order valence-electron chi connectivity index (χ2n) is 4.32. The van der Waals surface area contributed by atoms with Gasteiger partial charge in [-0.2, -0.15) is 0 Å². The van der Waals surface area contributed by atoms with Crippen molar-refractivity contribution in [2.45, 2.75) is 4.90 Å². The van der Waals surface area contributed by atoms with Gasteiger partial charge in [-0.15, -0.1) is 0 Å². The van der Waals surface area contributed by atoms with Crippen LogP contribution in [-0.4, -0.2) is 9.19 Å². The van der Waals surface area contributed by atoms with Crippen LogP contribution < -0.4 is 4.72 Å². The number of rotatable bonds is 3. The molecule has 0 aliphatic rings. The van der Waals surface area contributed by atoms with Crippen molar-refractivity contribution in [3.05, 3.63) is 59.3 Å². The van der Waals surface area contributed by atoms with Crippen LogP contribution in [0.3, 0.4) is 0 Å². The summed E-state index contributed by atoms with van der Waals surface area (Å²) in [6, 6.07) is 8.73. The Labute approximate surface area is 126 Å². The van der Waals surface area contributed by atoms with Gasteiger partial charge >= 0.3 is 0 Å². The highest BCUT2D eigenvalue weighted by Crippen LogP contribution is 2.26. The molecule has 3 aromatic rings. The van der Waals surface area contributed by atoms with Crippen molar-refractivity contribution >= 4 is 39.2 Å². The third-order valence-corrected chi connectivity index (χ3v) is 4.34. The highest BCUT2D eigenvalue weighted by Gasteiger charge is 2.14. The van der Waals surface area contributed by atoms with Crippen molar-refractivity contribution in [3.63, 3.8) is 0 Å². The summed E-state index contributed by atoms with van der Waals surface area (Å²) in [7, 11) is -1.73. The van der Waals surface area contributed by atoms with Crippen LogP contribution >= 0.6 is 11.6 Å². The molecule has 2 aromatic carbocycles. The lowest BCUT2D eigenvalue weighted by atomic mass is 10.2. The minimum atomic E-state index is -1.73. The summed E-state index contributed by atoms with van der Waals surface area (Å²) in [6.45, 7) is 0. The predicted octanol–water partition coefficient (Wildman–Crippen LogP) is 4.23. The van der Waals surface area contributed by atoms with Gasteiger partial charge in [0.1, 0.15) is 0 Å². The van der Waals surface area contributed by atoms with E-state index >= 15 is 0 Å². The van der Waals surface area contributed by atoms with Gasteiger partial charge in [0, 0.05) is 22.1 Å². The molecule has 0 bridgehead atoms. The Morgan fingerprint density at radius 1 is 1.19 bits per heavy atom. The van der Waals surface area contributed by atoms with Crippen LogP contribution in [0.25, 0.3) is 10.9 Å². The van der Waals surface area contributed by atoms with E-state index in [1.807, 2.05) is 0 Å². The molecule has 0 radical (unpaired) electrons. The summed E-state index contributed by atoms with van der Waals surface area (Å²) in [5, 5.41) is 1.24. The molecule has 0 aliphatic carbocycles. The number of hydrogen-bond acceptors (Lipinski definition) is 1. The summed E-state index contributed by atoms with van der Waals surface area (Å²) in [5.41, 5.74) is 0.559. The van der Waals surface area contributed by atoms with Gasteiger partial charge in [-0.1, -0.05) is 23.7 Å². The summed E-state index contributed by atoms with van der Waals surface area (Å²) >= 11 is 5.87. The molecular formula is C14H9ClF2N2OS. The van der Waals surface area contributed by atoms with E-state index in [0.29, 0.717) is 20.8 Å². The van der Waals surface area contributed by atoms with Crippen molar-refractivity contribution in [2.24, 2.45) is 0 Å². The molecule has 0 aliphatic heterocycles. The maximum Gasteiger partial charge on any atom is 0.182 e. The average molecular weight is 327 g/mol. The van der Waals surface area contributed by atoms with Gasteiger partial charge in [-0.3, -0.25) is 4.72 Å². The molecule has 0 saturated carbocycles. The molecule has 1 unspecified atom stereocenters. The van der Waals surface area contributed by atoms with Gasteiger partial charge < -0.3 is 4.98 Å². The van der Waals surface area contributed by atoms with E-state index in [2.05, 4.69) is 9.71 Å². The first-order chi connectivity index (χ1) is 10.1. The van der Waals surface area contributed by atoms with E-state index in [9.17, 15) is 13.0 Å². The zero-order valence-electron chi connectivity index (χ0n) is 10.5. The molecule has 0 fully saturated rings. The minimum Gasteiger partial charge on any atom is -0.360 e. The molecule has 1 heterocycles. The van der Waals surface area contributed by atoms with Crippen molar-refractivity contribution in [1.82, 2.24) is 4.98 Å². The highest BCUT2D eigenvalue weighted by atomic mass is 35.5. The first-order valence-corrected chi connectivity index (χ1v) is 7.48. The van der Waals surface area contributed by atoms with Crippen molar-refractivity contribution in [2.75, 3.05) is 4.72 Å². The van der Waals surface area contributed by atoms with Gasteiger partial charge in [0.25, 0.3) is 0 Å². The Morgan fingerprint density at radius 3 is 2.81 bits per heavy atom. The molecule has 0 saturated heterocycles. The Morgan fingerprint density at radius 2 is 2.00 bits per heavy atom. The second-order valence-corrected chi connectivity index (χ2v) is 5.93. The summed E-state index contributed by atoms with van der Waals surface area (Å²) in [6.07, 6.45) is 1.54. The molecule has 7 heteroatoms. The average Bonchev–Trinajstić information content (AvgIpc) is 2.86. The smallest absolute Gasteiger partial charge is 0.182 e. The largest absolute Gasteiger partial charge is 0.360 e. The Balaban J connectivity index is 1.96. The van der Waals surface area contributed by atoms with E-state index in [1.54, 1.807) is 24.4 Å². The number of hydrogen-bond donors (Lipinski definition) is 2. The topological polar surface area (TPSA) is 44.9 Å². The normalized spacial score (nSPS) is 12.5. The molecule has 108 valence electrons. The standard InChI is InChI=1S/C14H9ClF2N2OS/c15-8-4-5-9-12(6-8)18-7-13(9)21(20)19-11-3-1-2-10(16)14(11)17/h1-7,18-19H. The van der Waals surface area contributed by atoms with Crippen LogP contribution in [0.1, 0.15) is 0 Å². The van der Waals surface area contributed by atoms with E-state index in [1.165, 1.54) is 12.1 Å². The molecule has 0 spiro atoms. The SMILES string of the molecule is O=S(Nc1cccc(F)c1F)c1c[nH]c2cc(Cl)ccc12. The number of halogens is 3. The number of nitrogens with one attached hydrogen (secondary N) is 2. The fraction of sp³-hybridized carbons (Fsp3) is 0. The van der Waals surface area contributed by atoms with E-state index in [-0.39, 0.29) is 5.69 Å². The van der Waals surface area contributed by atoms with Gasteiger partial charge in [-0.25, -0.2) is 13.0 Å². The third-order valence-electron chi connectivity index (χ3n) is 2.96. The summed E-state index contributed by atoms with van der Waals surface area (Å²) in [5.74, 6) is -2.06. The Kier molecular flexibility index (Phi) is 3.65. The monoisotopic (exact) mass is 326 g/mol. The summed E-state index contributed by atoms with van der Waals surface area (Å²) in [4.78, 5) is 3.37. The highest BCUT2D eigenvalue weighted by molar-refractivity contribution is 7.86. The van der Waals surface area contributed by atoms with Crippen LogP contribution in [0, 0.1) is 11.6 Å². The second kappa shape index (κ2) is 5.46. The molecular weight excluding hydrogens is 318 g/mol. The maximum absolute atomic E-state index is 13.6. The first-order valence-electron chi connectivity index (χ1n) is 5.95. The van der Waals surface area contributed by atoms with Gasteiger partial charge in [0.2, 0.25) is 0 Å². The van der Waals surface area contributed by atoms with Gasteiger partial charge in [-0.05, 0) is 24.3 Å². The molecule has 0 amide bonds. The van der Waals surface area contributed by atoms with Crippen LogP contribution in [0.15, 0.2) is 47.5 Å². The molecule has 1 aromatic heterocycles. The van der Waals surface area contributed by atoms with Crippen molar-refractivity contribution in [1.29, 1.82) is 0 Å². The Bertz CT molecular complexity index is 850. The number of H-pyrrole nitrogens is 1. The first kappa shape index (κ1) is 14.0. The lowest BCUT2D eigenvalue weighted by Gasteiger charge is -2.06. The number of aromatic amines is 1.